The van der Waals surface area contributed by atoms with Crippen LogP contribution in [0.15, 0.2) is 6.07 Å². The van der Waals surface area contributed by atoms with Gasteiger partial charge < -0.3 is 9.72 Å². The van der Waals surface area contributed by atoms with Crippen LogP contribution in [0.3, 0.4) is 0 Å². The molecular formula is C12H20N2OS. The van der Waals surface area contributed by atoms with E-state index in [1.54, 1.807) is 7.11 Å². The van der Waals surface area contributed by atoms with Gasteiger partial charge in [-0.15, -0.1) is 0 Å². The molecule has 0 saturated heterocycles. The maximum absolute atomic E-state index is 5.43. The molecule has 0 fully saturated rings. The quantitative estimate of drug-likeness (QED) is 0.796. The van der Waals surface area contributed by atoms with Crippen LogP contribution in [0.2, 0.25) is 0 Å². The largest absolute Gasteiger partial charge is 0.374 e. The molecule has 1 aromatic rings. The number of rotatable bonds is 5. The first-order chi connectivity index (χ1) is 7.58. The fourth-order valence-electron chi connectivity index (χ4n) is 1.59. The zero-order valence-corrected chi connectivity index (χ0v) is 11.2. The molecular weight excluding hydrogens is 220 g/mol. The summed E-state index contributed by atoms with van der Waals surface area (Å²) in [6.45, 7) is 6.39. The van der Waals surface area contributed by atoms with Gasteiger partial charge in [0.15, 0.2) is 0 Å². The molecule has 0 aliphatic rings. The van der Waals surface area contributed by atoms with Crippen molar-refractivity contribution in [3.63, 3.8) is 0 Å². The average Bonchev–Trinajstić information content (AvgIpc) is 2.24. The first-order valence-electron chi connectivity index (χ1n) is 5.72. The Morgan fingerprint density at radius 1 is 1.50 bits per heavy atom. The van der Waals surface area contributed by atoms with Gasteiger partial charge in [0.1, 0.15) is 16.6 Å². The van der Waals surface area contributed by atoms with Gasteiger partial charge in [0.2, 0.25) is 0 Å². The zero-order chi connectivity index (χ0) is 12.1. The van der Waals surface area contributed by atoms with E-state index in [4.69, 9.17) is 17.0 Å². The number of H-pyrrole nitrogens is 1. The van der Waals surface area contributed by atoms with Crippen LogP contribution in [-0.4, -0.2) is 17.1 Å². The van der Waals surface area contributed by atoms with Crippen LogP contribution in [0.4, 0.5) is 0 Å². The lowest BCUT2D eigenvalue weighted by Crippen LogP contribution is -2.09. The number of hydrogen-bond acceptors (Lipinski definition) is 3. The highest BCUT2D eigenvalue weighted by molar-refractivity contribution is 7.71. The Morgan fingerprint density at radius 2 is 2.19 bits per heavy atom. The highest BCUT2D eigenvalue weighted by atomic mass is 32.1. The van der Waals surface area contributed by atoms with Crippen molar-refractivity contribution in [3.8, 4) is 0 Å². The second-order valence-electron chi connectivity index (χ2n) is 4.23. The summed E-state index contributed by atoms with van der Waals surface area (Å²) < 4.78 is 6.06. The number of hydrogen-bond donors (Lipinski definition) is 1. The van der Waals surface area contributed by atoms with Crippen LogP contribution in [-0.2, 0) is 4.74 Å². The molecule has 0 bridgehead atoms. The van der Waals surface area contributed by atoms with Crippen molar-refractivity contribution >= 4 is 12.2 Å². The number of aromatic amines is 1. The predicted molar refractivity (Wildman–Crippen MR) is 68.2 cm³/mol. The number of aromatic nitrogens is 2. The Kier molecular flexibility index (Phi) is 5.09. The maximum atomic E-state index is 5.43. The van der Waals surface area contributed by atoms with Crippen LogP contribution in [0, 0.1) is 4.64 Å². The van der Waals surface area contributed by atoms with Crippen LogP contribution < -0.4 is 0 Å². The molecule has 1 N–H and O–H groups in total. The summed E-state index contributed by atoms with van der Waals surface area (Å²) in [7, 11) is 1.71. The third-order valence-electron chi connectivity index (χ3n) is 2.54. The first kappa shape index (κ1) is 13.3. The van der Waals surface area contributed by atoms with Crippen molar-refractivity contribution in [2.24, 2.45) is 0 Å². The van der Waals surface area contributed by atoms with Gasteiger partial charge in [-0.25, -0.2) is 4.98 Å². The highest BCUT2D eigenvalue weighted by Crippen LogP contribution is 2.20. The number of nitrogens with one attached hydrogen (secondary N) is 1. The van der Waals surface area contributed by atoms with Crippen LogP contribution >= 0.6 is 12.2 Å². The molecule has 4 heteroatoms. The van der Waals surface area contributed by atoms with Crippen molar-refractivity contribution < 1.29 is 4.74 Å². The Bertz CT molecular complexity index is 387. The number of nitrogens with zero attached hydrogens (tertiary/aromatic N) is 1. The van der Waals surface area contributed by atoms with E-state index in [-0.39, 0.29) is 6.10 Å². The molecule has 1 atom stereocenters. The summed E-state index contributed by atoms with van der Waals surface area (Å²) in [5.74, 6) is 1.27. The average molecular weight is 240 g/mol. The van der Waals surface area contributed by atoms with E-state index in [9.17, 15) is 0 Å². The maximum Gasteiger partial charge on any atom is 0.137 e. The van der Waals surface area contributed by atoms with Gasteiger partial charge in [0.25, 0.3) is 0 Å². The molecule has 0 aromatic carbocycles. The minimum Gasteiger partial charge on any atom is -0.374 e. The summed E-state index contributed by atoms with van der Waals surface area (Å²) >= 11 is 5.17. The molecule has 1 rings (SSSR count). The molecule has 90 valence electrons. The molecule has 16 heavy (non-hydrogen) atoms. The van der Waals surface area contributed by atoms with Crippen molar-refractivity contribution in [1.29, 1.82) is 0 Å². The van der Waals surface area contributed by atoms with Crippen LogP contribution in [0.25, 0.3) is 0 Å². The fraction of sp³-hybridized carbons (Fsp3) is 0.667. The van der Waals surface area contributed by atoms with E-state index in [1.807, 2.05) is 6.07 Å². The van der Waals surface area contributed by atoms with Crippen LogP contribution in [0.5, 0.6) is 0 Å². The van der Waals surface area contributed by atoms with E-state index in [1.165, 1.54) is 0 Å². The van der Waals surface area contributed by atoms with Crippen molar-refractivity contribution in [2.45, 2.75) is 45.6 Å². The van der Waals surface area contributed by atoms with Gasteiger partial charge in [-0.3, -0.25) is 0 Å². The van der Waals surface area contributed by atoms with E-state index < -0.39 is 0 Å². The fourth-order valence-corrected chi connectivity index (χ4v) is 1.81. The number of methoxy groups -OCH3 is 1. The molecule has 3 nitrogen and oxygen atoms in total. The second-order valence-corrected chi connectivity index (χ2v) is 4.65. The minimum absolute atomic E-state index is 0.0189. The predicted octanol–water partition coefficient (Wildman–Crippen LogP) is 3.75. The SMILES string of the molecule is CCCC(OC)c1nc(=S)cc(C(C)C)[nH]1. The van der Waals surface area contributed by atoms with E-state index in [2.05, 4.69) is 30.7 Å². The van der Waals surface area contributed by atoms with E-state index in [0.717, 1.165) is 24.4 Å². The van der Waals surface area contributed by atoms with Gasteiger partial charge in [-0.05, 0) is 18.4 Å². The molecule has 1 heterocycles. The molecule has 0 radical (unpaired) electrons. The van der Waals surface area contributed by atoms with Gasteiger partial charge in [-0.2, -0.15) is 0 Å². The summed E-state index contributed by atoms with van der Waals surface area (Å²) in [5.41, 5.74) is 1.12. The van der Waals surface area contributed by atoms with Crippen molar-refractivity contribution in [3.05, 3.63) is 22.2 Å². The Hall–Kier alpha value is -0.740. The molecule has 0 aliphatic carbocycles. The lowest BCUT2D eigenvalue weighted by Gasteiger charge is -2.15. The Morgan fingerprint density at radius 3 is 2.69 bits per heavy atom. The van der Waals surface area contributed by atoms with Gasteiger partial charge in [0.05, 0.1) is 0 Å². The van der Waals surface area contributed by atoms with Gasteiger partial charge >= 0.3 is 0 Å². The van der Waals surface area contributed by atoms with Gasteiger partial charge in [0, 0.05) is 12.8 Å². The summed E-state index contributed by atoms with van der Waals surface area (Å²) in [6.07, 6.45) is 2.04. The highest BCUT2D eigenvalue weighted by Gasteiger charge is 2.13. The monoisotopic (exact) mass is 240 g/mol. The summed E-state index contributed by atoms with van der Waals surface area (Å²) in [6, 6.07) is 1.92. The molecule has 0 saturated carbocycles. The third-order valence-corrected chi connectivity index (χ3v) is 2.75. The Balaban J connectivity index is 3.07. The van der Waals surface area contributed by atoms with Crippen molar-refractivity contribution in [2.75, 3.05) is 7.11 Å². The van der Waals surface area contributed by atoms with E-state index >= 15 is 0 Å². The summed E-state index contributed by atoms with van der Waals surface area (Å²) in [5, 5.41) is 0. The topological polar surface area (TPSA) is 37.9 Å². The zero-order valence-electron chi connectivity index (χ0n) is 10.4. The van der Waals surface area contributed by atoms with E-state index in [0.29, 0.717) is 10.6 Å². The smallest absolute Gasteiger partial charge is 0.137 e. The van der Waals surface area contributed by atoms with Gasteiger partial charge in [-0.1, -0.05) is 39.4 Å². The first-order valence-corrected chi connectivity index (χ1v) is 6.13. The van der Waals surface area contributed by atoms with Crippen molar-refractivity contribution in [1.82, 2.24) is 9.97 Å². The lowest BCUT2D eigenvalue weighted by atomic mass is 10.1. The lowest BCUT2D eigenvalue weighted by molar-refractivity contribution is 0.0872. The second kappa shape index (κ2) is 6.11. The molecule has 1 aromatic heterocycles. The Labute approximate surface area is 102 Å². The normalized spacial score (nSPS) is 13.1. The number of ether oxygens (including phenoxy) is 1. The molecule has 0 aliphatic heterocycles. The minimum atomic E-state index is 0.0189. The standard InChI is InChI=1S/C12H20N2OS/c1-5-6-10(15-4)12-13-9(8(2)3)7-11(16)14-12/h7-8,10H,5-6H2,1-4H3,(H,13,14,16). The third kappa shape index (κ3) is 3.39. The van der Waals surface area contributed by atoms with Crippen LogP contribution in [0.1, 0.15) is 57.2 Å². The molecule has 0 amide bonds. The summed E-state index contributed by atoms with van der Waals surface area (Å²) in [4.78, 5) is 7.66. The molecule has 1 unspecified atom stereocenters. The molecule has 0 spiro atoms.